The van der Waals surface area contributed by atoms with Gasteiger partial charge in [0.15, 0.2) is 5.75 Å². The van der Waals surface area contributed by atoms with E-state index in [0.29, 0.717) is 6.04 Å². The van der Waals surface area contributed by atoms with E-state index in [-0.39, 0.29) is 11.4 Å². The van der Waals surface area contributed by atoms with Gasteiger partial charge in [0, 0.05) is 37.0 Å². The zero-order valence-electron chi connectivity index (χ0n) is 13.5. The van der Waals surface area contributed by atoms with Crippen molar-refractivity contribution < 1.29 is 9.66 Å². The van der Waals surface area contributed by atoms with Crippen LogP contribution < -0.4 is 10.1 Å². The van der Waals surface area contributed by atoms with Crippen LogP contribution in [0.2, 0.25) is 0 Å². The lowest BCUT2D eigenvalue weighted by atomic mass is 9.99. The Morgan fingerprint density at radius 2 is 2.32 bits per heavy atom. The van der Waals surface area contributed by atoms with Gasteiger partial charge in [-0.15, -0.1) is 0 Å². The van der Waals surface area contributed by atoms with Crippen LogP contribution in [0, 0.1) is 16.0 Å². The van der Waals surface area contributed by atoms with E-state index in [1.165, 1.54) is 26.0 Å². The van der Waals surface area contributed by atoms with Crippen molar-refractivity contribution in [3.05, 3.63) is 28.3 Å². The van der Waals surface area contributed by atoms with Crippen LogP contribution in [-0.2, 0) is 0 Å². The Hall–Kier alpha value is -1.82. The number of ether oxygens (including phenoxy) is 1. The van der Waals surface area contributed by atoms with Gasteiger partial charge in [0.05, 0.1) is 12.0 Å². The molecule has 0 spiro atoms. The van der Waals surface area contributed by atoms with E-state index in [1.807, 2.05) is 0 Å². The fourth-order valence-electron chi connectivity index (χ4n) is 2.96. The van der Waals surface area contributed by atoms with Crippen molar-refractivity contribution in [2.75, 3.05) is 32.1 Å². The van der Waals surface area contributed by atoms with Crippen molar-refractivity contribution in [1.29, 1.82) is 0 Å². The van der Waals surface area contributed by atoms with Crippen molar-refractivity contribution in [2.24, 2.45) is 5.92 Å². The predicted molar refractivity (Wildman–Crippen MR) is 87.6 cm³/mol. The zero-order valence-corrected chi connectivity index (χ0v) is 13.5. The number of hydrogen-bond acceptors (Lipinski definition) is 5. The number of hydrogen-bond donors (Lipinski definition) is 1. The Bertz CT molecular complexity index is 521. The van der Waals surface area contributed by atoms with Gasteiger partial charge < -0.3 is 10.1 Å². The number of piperidine rings is 1. The fraction of sp³-hybridized carbons (Fsp3) is 0.625. The second-order valence-electron chi connectivity index (χ2n) is 6.12. The van der Waals surface area contributed by atoms with Crippen molar-refractivity contribution >= 4 is 11.4 Å². The number of nitrogens with zero attached hydrogens (tertiary/aromatic N) is 2. The Morgan fingerprint density at radius 3 is 2.95 bits per heavy atom. The number of anilines is 1. The van der Waals surface area contributed by atoms with Gasteiger partial charge in [-0.1, -0.05) is 6.92 Å². The third kappa shape index (κ3) is 4.10. The summed E-state index contributed by atoms with van der Waals surface area (Å²) in [5, 5.41) is 14.2. The van der Waals surface area contributed by atoms with Crippen LogP contribution in [0.3, 0.4) is 0 Å². The highest BCUT2D eigenvalue weighted by Gasteiger charge is 2.21. The number of likely N-dealkylation sites (tertiary alicyclic amines) is 1. The topological polar surface area (TPSA) is 67.6 Å². The number of methoxy groups -OCH3 is 1. The molecule has 6 heteroatoms. The van der Waals surface area contributed by atoms with Crippen LogP contribution in [-0.4, -0.2) is 42.6 Å². The molecule has 1 saturated heterocycles. The van der Waals surface area contributed by atoms with Gasteiger partial charge in [-0.25, -0.2) is 0 Å². The molecule has 1 aliphatic heterocycles. The Balaban J connectivity index is 1.94. The van der Waals surface area contributed by atoms with Gasteiger partial charge in [-0.05, 0) is 38.3 Å². The summed E-state index contributed by atoms with van der Waals surface area (Å²) in [6.45, 7) is 7.62. The molecule has 1 N–H and O–H groups in total. The summed E-state index contributed by atoms with van der Waals surface area (Å²) in [7, 11) is 1.45. The van der Waals surface area contributed by atoms with Crippen LogP contribution in [0.4, 0.5) is 11.4 Å². The second-order valence-corrected chi connectivity index (χ2v) is 6.12. The number of nitro benzene ring substituents is 1. The normalized spacial score (nSPS) is 20.4. The van der Waals surface area contributed by atoms with Gasteiger partial charge in [0.25, 0.3) is 0 Å². The minimum atomic E-state index is -0.430. The number of nitrogens with one attached hydrogen (secondary N) is 1. The number of benzene rings is 1. The molecule has 0 aliphatic carbocycles. The molecule has 0 saturated carbocycles. The first-order chi connectivity index (χ1) is 10.5. The van der Waals surface area contributed by atoms with Crippen LogP contribution in [0.5, 0.6) is 5.75 Å². The van der Waals surface area contributed by atoms with E-state index in [2.05, 4.69) is 24.1 Å². The highest BCUT2D eigenvalue weighted by molar-refractivity contribution is 5.58. The van der Waals surface area contributed by atoms with E-state index in [0.717, 1.165) is 31.2 Å². The summed E-state index contributed by atoms with van der Waals surface area (Å²) in [5.74, 6) is 1.05. The molecule has 2 atom stereocenters. The smallest absolute Gasteiger partial charge is 0.311 e. The molecule has 1 aromatic rings. The van der Waals surface area contributed by atoms with E-state index in [4.69, 9.17) is 4.74 Å². The summed E-state index contributed by atoms with van der Waals surface area (Å²) in [6, 6.07) is 5.33. The van der Waals surface area contributed by atoms with Crippen molar-refractivity contribution in [2.45, 2.75) is 32.7 Å². The molecular formula is C16H25N3O3. The molecule has 1 heterocycles. The summed E-state index contributed by atoms with van der Waals surface area (Å²) in [4.78, 5) is 13.0. The first kappa shape index (κ1) is 16.5. The van der Waals surface area contributed by atoms with Crippen LogP contribution in [0.15, 0.2) is 18.2 Å². The minimum Gasteiger partial charge on any atom is -0.490 e. The summed E-state index contributed by atoms with van der Waals surface area (Å²) < 4.78 is 5.09. The molecule has 0 radical (unpaired) electrons. The van der Waals surface area contributed by atoms with Crippen molar-refractivity contribution in [1.82, 2.24) is 4.90 Å². The van der Waals surface area contributed by atoms with E-state index >= 15 is 0 Å². The highest BCUT2D eigenvalue weighted by Crippen LogP contribution is 2.29. The minimum absolute atomic E-state index is 0.00838. The first-order valence-electron chi connectivity index (χ1n) is 7.81. The lowest BCUT2D eigenvalue weighted by molar-refractivity contribution is -0.385. The maximum Gasteiger partial charge on any atom is 0.311 e. The standard InChI is InChI=1S/C16H25N3O3/c1-12-5-4-8-18(11-12)13(2)10-17-14-6-7-15(19(20)21)16(9-14)22-3/h6-7,9,12-13,17H,4-5,8,10-11H2,1-3H3. The lowest BCUT2D eigenvalue weighted by Crippen LogP contribution is -2.43. The fourth-order valence-corrected chi connectivity index (χ4v) is 2.96. The molecule has 6 nitrogen and oxygen atoms in total. The zero-order chi connectivity index (χ0) is 16.1. The van der Waals surface area contributed by atoms with Gasteiger partial charge in [0.1, 0.15) is 0 Å². The van der Waals surface area contributed by atoms with E-state index < -0.39 is 4.92 Å². The largest absolute Gasteiger partial charge is 0.490 e. The highest BCUT2D eigenvalue weighted by atomic mass is 16.6. The average molecular weight is 307 g/mol. The van der Waals surface area contributed by atoms with Gasteiger partial charge in [-0.3, -0.25) is 15.0 Å². The molecule has 122 valence electrons. The molecular weight excluding hydrogens is 282 g/mol. The maximum atomic E-state index is 10.9. The monoisotopic (exact) mass is 307 g/mol. The molecule has 2 rings (SSSR count). The van der Waals surface area contributed by atoms with Crippen LogP contribution in [0.1, 0.15) is 26.7 Å². The number of nitro groups is 1. The molecule has 0 amide bonds. The molecule has 2 unspecified atom stereocenters. The van der Waals surface area contributed by atoms with Gasteiger partial charge >= 0.3 is 5.69 Å². The van der Waals surface area contributed by atoms with Gasteiger partial charge in [-0.2, -0.15) is 0 Å². The Morgan fingerprint density at radius 1 is 1.55 bits per heavy atom. The maximum absolute atomic E-state index is 10.9. The molecule has 1 fully saturated rings. The summed E-state index contributed by atoms with van der Waals surface area (Å²) in [5.41, 5.74) is 0.838. The predicted octanol–water partition coefficient (Wildman–Crippen LogP) is 3.14. The van der Waals surface area contributed by atoms with Crippen LogP contribution in [0.25, 0.3) is 0 Å². The van der Waals surface area contributed by atoms with Gasteiger partial charge in [0.2, 0.25) is 0 Å². The Labute approximate surface area is 131 Å². The summed E-state index contributed by atoms with van der Waals surface area (Å²) in [6.07, 6.45) is 2.58. The molecule has 1 aromatic carbocycles. The quantitative estimate of drug-likeness (QED) is 0.646. The SMILES string of the molecule is COc1cc(NCC(C)N2CCCC(C)C2)ccc1[N+](=O)[O-]. The third-order valence-corrected chi connectivity index (χ3v) is 4.29. The van der Waals surface area contributed by atoms with E-state index in [9.17, 15) is 10.1 Å². The lowest BCUT2D eigenvalue weighted by Gasteiger charge is -2.35. The third-order valence-electron chi connectivity index (χ3n) is 4.29. The van der Waals surface area contributed by atoms with E-state index in [1.54, 1.807) is 12.1 Å². The molecule has 22 heavy (non-hydrogen) atoms. The molecule has 0 aromatic heterocycles. The van der Waals surface area contributed by atoms with Crippen molar-refractivity contribution in [3.63, 3.8) is 0 Å². The van der Waals surface area contributed by atoms with Crippen molar-refractivity contribution in [3.8, 4) is 5.75 Å². The first-order valence-corrected chi connectivity index (χ1v) is 7.81. The molecule has 1 aliphatic rings. The molecule has 0 bridgehead atoms. The average Bonchev–Trinajstić information content (AvgIpc) is 2.52. The van der Waals surface area contributed by atoms with Crippen LogP contribution >= 0.6 is 0 Å². The number of rotatable bonds is 6. The second kappa shape index (κ2) is 7.45. The Kier molecular flexibility index (Phi) is 5.60. The summed E-state index contributed by atoms with van der Waals surface area (Å²) >= 11 is 0.